The van der Waals surface area contributed by atoms with Crippen molar-refractivity contribution in [2.24, 2.45) is 0 Å². The third kappa shape index (κ3) is 4.20. The van der Waals surface area contributed by atoms with Gasteiger partial charge in [0.05, 0.1) is 5.56 Å². The first kappa shape index (κ1) is 16.7. The highest BCUT2D eigenvalue weighted by atomic mass is 16.4. The van der Waals surface area contributed by atoms with Gasteiger partial charge >= 0.3 is 5.97 Å². The summed E-state index contributed by atoms with van der Waals surface area (Å²) in [4.78, 5) is 18.1. The number of aromatic carboxylic acids is 1. The highest BCUT2D eigenvalue weighted by molar-refractivity contribution is 5.87. The van der Waals surface area contributed by atoms with Gasteiger partial charge in [-0.3, -0.25) is 4.98 Å². The first-order valence-electron chi connectivity index (χ1n) is 8.60. The zero-order valence-electron chi connectivity index (χ0n) is 14.1. The molecule has 1 aromatic carbocycles. The van der Waals surface area contributed by atoms with Crippen molar-refractivity contribution in [2.75, 3.05) is 19.6 Å². The predicted molar refractivity (Wildman–Crippen MR) is 94.5 cm³/mol. The van der Waals surface area contributed by atoms with Crippen molar-refractivity contribution < 1.29 is 9.90 Å². The van der Waals surface area contributed by atoms with Crippen molar-refractivity contribution in [1.82, 2.24) is 9.88 Å². The number of hydrogen-bond donors (Lipinski definition) is 1. The lowest BCUT2D eigenvalue weighted by atomic mass is 9.90. The van der Waals surface area contributed by atoms with Crippen molar-refractivity contribution in [3.8, 4) is 0 Å². The predicted octanol–water partition coefficient (Wildman–Crippen LogP) is 3.51. The maximum Gasteiger partial charge on any atom is 0.335 e. The average molecular weight is 324 g/mol. The van der Waals surface area contributed by atoms with Gasteiger partial charge in [0.1, 0.15) is 0 Å². The number of likely N-dealkylation sites (tertiary alicyclic amines) is 1. The second-order valence-electron chi connectivity index (χ2n) is 6.59. The summed E-state index contributed by atoms with van der Waals surface area (Å²) < 4.78 is 0. The Morgan fingerprint density at radius 1 is 1.25 bits per heavy atom. The van der Waals surface area contributed by atoms with Crippen LogP contribution < -0.4 is 0 Å². The summed E-state index contributed by atoms with van der Waals surface area (Å²) in [6, 6.07) is 13.6. The fourth-order valence-corrected chi connectivity index (χ4v) is 3.44. The number of aromatic nitrogens is 1. The van der Waals surface area contributed by atoms with Crippen molar-refractivity contribution in [1.29, 1.82) is 0 Å². The molecule has 1 fully saturated rings. The van der Waals surface area contributed by atoms with Gasteiger partial charge in [-0.25, -0.2) is 4.79 Å². The Balaban J connectivity index is 1.58. The molecule has 2 aromatic rings. The molecule has 24 heavy (non-hydrogen) atoms. The standard InChI is InChI=1S/C20H24N2O2/c1-15-4-2-6-19(21-15)11-13-22-12-3-5-18(14-22)16-7-9-17(10-8-16)20(23)24/h2,4,6-10,18H,3,5,11-14H2,1H3,(H,23,24)/t18-/m0/s1. The normalized spacial score (nSPS) is 18.5. The van der Waals surface area contributed by atoms with Crippen LogP contribution in [0.3, 0.4) is 0 Å². The van der Waals surface area contributed by atoms with Gasteiger partial charge in [-0.15, -0.1) is 0 Å². The van der Waals surface area contributed by atoms with Crippen LogP contribution in [0.4, 0.5) is 0 Å². The molecule has 1 atom stereocenters. The molecule has 0 spiro atoms. The van der Waals surface area contributed by atoms with Crippen molar-refractivity contribution in [2.45, 2.75) is 32.1 Å². The summed E-state index contributed by atoms with van der Waals surface area (Å²) in [5, 5.41) is 9.01. The maximum atomic E-state index is 11.0. The molecular weight excluding hydrogens is 300 g/mol. The molecule has 0 radical (unpaired) electrons. The monoisotopic (exact) mass is 324 g/mol. The molecule has 4 heteroatoms. The van der Waals surface area contributed by atoms with E-state index in [1.807, 2.05) is 25.1 Å². The Morgan fingerprint density at radius 2 is 2.04 bits per heavy atom. The summed E-state index contributed by atoms with van der Waals surface area (Å²) >= 11 is 0. The van der Waals surface area contributed by atoms with Crippen LogP contribution in [0.5, 0.6) is 0 Å². The highest BCUT2D eigenvalue weighted by Gasteiger charge is 2.21. The minimum Gasteiger partial charge on any atom is -0.478 e. The van der Waals surface area contributed by atoms with Gasteiger partial charge in [0.25, 0.3) is 0 Å². The zero-order chi connectivity index (χ0) is 16.9. The van der Waals surface area contributed by atoms with Crippen LogP contribution in [0.2, 0.25) is 0 Å². The van der Waals surface area contributed by atoms with E-state index in [4.69, 9.17) is 5.11 Å². The minimum atomic E-state index is -0.863. The minimum absolute atomic E-state index is 0.358. The van der Waals surface area contributed by atoms with Gasteiger partial charge in [0, 0.05) is 30.9 Å². The van der Waals surface area contributed by atoms with E-state index in [0.29, 0.717) is 11.5 Å². The molecule has 0 aliphatic carbocycles. The van der Waals surface area contributed by atoms with E-state index in [2.05, 4.69) is 22.0 Å². The lowest BCUT2D eigenvalue weighted by molar-refractivity contribution is 0.0697. The number of carboxylic acids is 1. The van der Waals surface area contributed by atoms with E-state index >= 15 is 0 Å². The van der Waals surface area contributed by atoms with E-state index < -0.39 is 5.97 Å². The van der Waals surface area contributed by atoms with Gasteiger partial charge in [0.2, 0.25) is 0 Å². The summed E-state index contributed by atoms with van der Waals surface area (Å²) in [6.07, 6.45) is 3.34. The number of aryl methyl sites for hydroxylation is 1. The number of hydrogen-bond acceptors (Lipinski definition) is 3. The maximum absolute atomic E-state index is 11.0. The van der Waals surface area contributed by atoms with Crippen LogP contribution in [0.1, 0.15) is 46.1 Å². The molecular formula is C20H24N2O2. The topological polar surface area (TPSA) is 53.4 Å². The zero-order valence-corrected chi connectivity index (χ0v) is 14.1. The molecule has 0 amide bonds. The molecule has 3 rings (SSSR count). The van der Waals surface area contributed by atoms with Crippen LogP contribution in [-0.2, 0) is 6.42 Å². The third-order valence-corrected chi connectivity index (χ3v) is 4.76. The van der Waals surface area contributed by atoms with Crippen LogP contribution in [0.25, 0.3) is 0 Å². The SMILES string of the molecule is Cc1cccc(CCN2CCC[C@H](c3ccc(C(=O)O)cc3)C2)n1. The number of nitrogens with zero attached hydrogens (tertiary/aromatic N) is 2. The largest absolute Gasteiger partial charge is 0.478 e. The summed E-state index contributed by atoms with van der Waals surface area (Å²) in [5.74, 6) is -0.371. The number of pyridine rings is 1. The number of carboxylic acid groups (broad SMARTS) is 1. The highest BCUT2D eigenvalue weighted by Crippen LogP contribution is 2.27. The van der Waals surface area contributed by atoms with Crippen molar-refractivity contribution >= 4 is 5.97 Å². The molecule has 1 aliphatic heterocycles. The Morgan fingerprint density at radius 3 is 2.75 bits per heavy atom. The van der Waals surface area contributed by atoms with Crippen molar-refractivity contribution in [3.05, 3.63) is 65.0 Å². The molecule has 2 heterocycles. The Bertz CT molecular complexity index is 697. The van der Waals surface area contributed by atoms with Crippen molar-refractivity contribution in [3.63, 3.8) is 0 Å². The summed E-state index contributed by atoms with van der Waals surface area (Å²) in [7, 11) is 0. The second-order valence-corrected chi connectivity index (χ2v) is 6.59. The van der Waals surface area contributed by atoms with Crippen LogP contribution in [0.15, 0.2) is 42.5 Å². The molecule has 1 aliphatic rings. The third-order valence-electron chi connectivity index (χ3n) is 4.76. The fraction of sp³-hybridized carbons (Fsp3) is 0.400. The van der Waals surface area contributed by atoms with Crippen LogP contribution in [-0.4, -0.2) is 40.6 Å². The molecule has 1 aromatic heterocycles. The number of rotatable bonds is 5. The number of piperidine rings is 1. The van der Waals surface area contributed by atoms with Gasteiger partial charge in [-0.1, -0.05) is 18.2 Å². The molecule has 0 saturated carbocycles. The fourth-order valence-electron chi connectivity index (χ4n) is 3.44. The van der Waals surface area contributed by atoms with Crippen LogP contribution in [0, 0.1) is 6.92 Å². The summed E-state index contributed by atoms with van der Waals surface area (Å²) in [6.45, 7) is 5.23. The Kier molecular flexibility index (Phi) is 5.26. The molecule has 1 N–H and O–H groups in total. The quantitative estimate of drug-likeness (QED) is 0.914. The van der Waals surface area contributed by atoms with E-state index in [1.54, 1.807) is 12.1 Å². The smallest absolute Gasteiger partial charge is 0.335 e. The lowest BCUT2D eigenvalue weighted by Crippen LogP contribution is -2.35. The number of carbonyl (C=O) groups is 1. The Hall–Kier alpha value is -2.20. The first-order chi connectivity index (χ1) is 11.6. The molecule has 1 saturated heterocycles. The van der Waals surface area contributed by atoms with E-state index in [1.165, 1.54) is 18.4 Å². The van der Waals surface area contributed by atoms with Gasteiger partial charge in [0.15, 0.2) is 0 Å². The number of benzene rings is 1. The van der Waals surface area contributed by atoms with E-state index in [0.717, 1.165) is 37.4 Å². The summed E-state index contributed by atoms with van der Waals surface area (Å²) in [5.41, 5.74) is 3.83. The van der Waals surface area contributed by atoms with Gasteiger partial charge < -0.3 is 10.0 Å². The second kappa shape index (κ2) is 7.58. The van der Waals surface area contributed by atoms with E-state index in [-0.39, 0.29) is 0 Å². The molecule has 4 nitrogen and oxygen atoms in total. The molecule has 0 bridgehead atoms. The lowest BCUT2D eigenvalue weighted by Gasteiger charge is -2.33. The molecule has 0 unspecified atom stereocenters. The van der Waals surface area contributed by atoms with Gasteiger partial charge in [-0.2, -0.15) is 0 Å². The van der Waals surface area contributed by atoms with Gasteiger partial charge in [-0.05, 0) is 62.1 Å². The first-order valence-corrected chi connectivity index (χ1v) is 8.60. The van der Waals surface area contributed by atoms with Crippen LogP contribution >= 0.6 is 0 Å². The average Bonchev–Trinajstić information content (AvgIpc) is 2.60. The Labute approximate surface area is 143 Å². The van der Waals surface area contributed by atoms with E-state index in [9.17, 15) is 4.79 Å². The molecule has 126 valence electrons.